The molecule has 7 nitrogen and oxygen atoms in total. The maximum atomic E-state index is 10.0. The predicted molar refractivity (Wildman–Crippen MR) is 129 cm³/mol. The van der Waals surface area contributed by atoms with Crippen LogP contribution in [0.5, 0.6) is 0 Å². The number of benzene rings is 1. The van der Waals surface area contributed by atoms with Crippen LogP contribution in [-0.4, -0.2) is 40.4 Å². The summed E-state index contributed by atoms with van der Waals surface area (Å²) in [6, 6.07) is 7.83. The first-order chi connectivity index (χ1) is 15.0. The molecule has 0 radical (unpaired) electrons. The average Bonchev–Trinajstić information content (AvgIpc) is 3.19. The smallest absolute Gasteiger partial charge is 0.227 e. The predicted octanol–water partition coefficient (Wildman–Crippen LogP) is 5.21. The Labute approximate surface area is 189 Å². The van der Waals surface area contributed by atoms with Crippen LogP contribution in [0.1, 0.15) is 52.4 Å². The molecule has 0 unspecified atom stereocenters. The maximum absolute atomic E-state index is 10.0. The summed E-state index contributed by atoms with van der Waals surface area (Å²) in [7, 11) is 0. The second kappa shape index (κ2) is 9.92. The molecule has 4 rings (SSSR count). The number of hydrogen-bond donors (Lipinski definition) is 4. The molecule has 8 heteroatoms. The molecule has 0 spiro atoms. The number of nitrogens with one attached hydrogen (secondary N) is 3. The zero-order valence-corrected chi connectivity index (χ0v) is 19.1. The monoisotopic (exact) mass is 444 g/mol. The highest BCUT2D eigenvalue weighted by Crippen LogP contribution is 2.39. The molecule has 1 aliphatic heterocycles. The largest absolute Gasteiger partial charge is 0.394 e. The lowest BCUT2D eigenvalue weighted by Crippen LogP contribution is -2.31. The summed E-state index contributed by atoms with van der Waals surface area (Å²) in [4.78, 5) is 11.8. The molecule has 2 aliphatic rings. The van der Waals surface area contributed by atoms with Crippen molar-refractivity contribution in [1.29, 1.82) is 0 Å². The first-order valence-corrected chi connectivity index (χ1v) is 11.7. The van der Waals surface area contributed by atoms with Crippen molar-refractivity contribution in [3.05, 3.63) is 29.3 Å². The molecule has 0 bridgehead atoms. The number of nitrogens with zero attached hydrogens (tertiary/aromatic N) is 3. The van der Waals surface area contributed by atoms with E-state index in [2.05, 4.69) is 34.7 Å². The van der Waals surface area contributed by atoms with Crippen LogP contribution in [0.3, 0.4) is 0 Å². The van der Waals surface area contributed by atoms with Gasteiger partial charge in [-0.25, -0.2) is 0 Å². The quantitative estimate of drug-likeness (QED) is 0.444. The zero-order chi connectivity index (χ0) is 21.8. The standard InChI is InChI=1S/C23H33ClN6O/c1-15(2)30-14-25-20-21(26-18-10-6-9-17(24)12-18)28-23(29-22(20)30)27-19(13-31)11-16-7-4-3-5-8-16/h6,9-10,12,15-16,19,25,31H,3-5,7-8,11,13-14H2,1-2H3,(H2,26,27,28,29)/t19-/m0/s1. The van der Waals surface area contributed by atoms with Crippen molar-refractivity contribution in [2.45, 2.75) is 64.5 Å². The van der Waals surface area contributed by atoms with E-state index in [0.717, 1.165) is 23.6 Å². The van der Waals surface area contributed by atoms with Gasteiger partial charge in [0.2, 0.25) is 5.95 Å². The molecule has 1 atom stereocenters. The van der Waals surface area contributed by atoms with E-state index >= 15 is 0 Å². The van der Waals surface area contributed by atoms with Gasteiger partial charge in [0, 0.05) is 16.8 Å². The van der Waals surface area contributed by atoms with Gasteiger partial charge in [-0.3, -0.25) is 0 Å². The van der Waals surface area contributed by atoms with Crippen LogP contribution in [0, 0.1) is 5.92 Å². The van der Waals surface area contributed by atoms with E-state index in [1.54, 1.807) is 0 Å². The second-order valence-corrected chi connectivity index (χ2v) is 9.33. The Morgan fingerprint density at radius 1 is 1.23 bits per heavy atom. The van der Waals surface area contributed by atoms with Crippen LogP contribution in [0.2, 0.25) is 5.02 Å². The van der Waals surface area contributed by atoms with Crippen molar-refractivity contribution in [1.82, 2.24) is 9.97 Å². The van der Waals surface area contributed by atoms with Gasteiger partial charge in [0.25, 0.3) is 0 Å². The van der Waals surface area contributed by atoms with Crippen LogP contribution in [0.4, 0.5) is 29.0 Å². The molecule has 31 heavy (non-hydrogen) atoms. The Morgan fingerprint density at radius 2 is 2.03 bits per heavy atom. The van der Waals surface area contributed by atoms with Crippen LogP contribution >= 0.6 is 11.6 Å². The SMILES string of the molecule is CC(C)N1CNc2c(Nc3cccc(Cl)c3)nc(N[C@H](CO)CC3CCCCC3)nc21. The van der Waals surface area contributed by atoms with E-state index in [9.17, 15) is 5.11 Å². The van der Waals surface area contributed by atoms with Crippen molar-refractivity contribution in [2.24, 2.45) is 5.92 Å². The topological polar surface area (TPSA) is 85.3 Å². The van der Waals surface area contributed by atoms with E-state index in [0.29, 0.717) is 35.4 Å². The molecule has 1 saturated carbocycles. The fourth-order valence-corrected chi connectivity index (χ4v) is 4.72. The molecule has 2 aromatic rings. The summed E-state index contributed by atoms with van der Waals surface area (Å²) in [5.74, 6) is 2.76. The number of aliphatic hydroxyl groups excluding tert-OH is 1. The van der Waals surface area contributed by atoms with E-state index in [1.807, 2.05) is 24.3 Å². The molecular formula is C23H33ClN6O. The van der Waals surface area contributed by atoms with Gasteiger partial charge in [0.05, 0.1) is 19.3 Å². The van der Waals surface area contributed by atoms with Gasteiger partial charge < -0.3 is 26.0 Å². The van der Waals surface area contributed by atoms with Crippen LogP contribution in [-0.2, 0) is 0 Å². The fourth-order valence-electron chi connectivity index (χ4n) is 4.53. The van der Waals surface area contributed by atoms with E-state index in [-0.39, 0.29) is 12.6 Å². The lowest BCUT2D eigenvalue weighted by molar-refractivity contribution is 0.236. The summed E-state index contributed by atoms with van der Waals surface area (Å²) in [5.41, 5.74) is 1.75. The van der Waals surface area contributed by atoms with Gasteiger partial charge in [-0.05, 0) is 44.4 Å². The summed E-state index contributed by atoms with van der Waals surface area (Å²) in [6.45, 7) is 5.05. The highest BCUT2D eigenvalue weighted by Gasteiger charge is 2.28. The fraction of sp³-hybridized carbons (Fsp3) is 0.565. The molecule has 168 valence electrons. The highest BCUT2D eigenvalue weighted by molar-refractivity contribution is 6.30. The minimum Gasteiger partial charge on any atom is -0.394 e. The first-order valence-electron chi connectivity index (χ1n) is 11.4. The van der Waals surface area contributed by atoms with Gasteiger partial charge >= 0.3 is 0 Å². The Kier molecular flexibility index (Phi) is 7.02. The Hall–Kier alpha value is -2.25. The number of rotatable bonds is 8. The minimum absolute atomic E-state index is 0.0537. The van der Waals surface area contributed by atoms with Crippen molar-refractivity contribution < 1.29 is 5.11 Å². The molecule has 1 aromatic heterocycles. The Morgan fingerprint density at radius 3 is 2.74 bits per heavy atom. The first kappa shape index (κ1) is 22.0. The molecule has 2 heterocycles. The van der Waals surface area contributed by atoms with Gasteiger partial charge in [-0.1, -0.05) is 49.8 Å². The van der Waals surface area contributed by atoms with E-state index < -0.39 is 0 Å². The third kappa shape index (κ3) is 5.33. The van der Waals surface area contributed by atoms with Crippen LogP contribution < -0.4 is 20.9 Å². The summed E-state index contributed by atoms with van der Waals surface area (Å²) < 4.78 is 0. The molecule has 1 aromatic carbocycles. The summed E-state index contributed by atoms with van der Waals surface area (Å²) >= 11 is 6.17. The third-order valence-corrected chi connectivity index (χ3v) is 6.43. The van der Waals surface area contributed by atoms with Crippen LogP contribution in [0.25, 0.3) is 0 Å². The second-order valence-electron chi connectivity index (χ2n) is 8.89. The number of hydrogen-bond acceptors (Lipinski definition) is 7. The Bertz CT molecular complexity index is 886. The number of aromatic nitrogens is 2. The van der Waals surface area contributed by atoms with Crippen molar-refractivity contribution in [2.75, 3.05) is 34.1 Å². The zero-order valence-electron chi connectivity index (χ0n) is 18.4. The normalized spacial score (nSPS) is 17.4. The van der Waals surface area contributed by atoms with Gasteiger partial charge in [0.15, 0.2) is 11.6 Å². The number of anilines is 5. The number of halogens is 1. The van der Waals surface area contributed by atoms with Gasteiger partial charge in [0.1, 0.15) is 5.69 Å². The van der Waals surface area contributed by atoms with Crippen LogP contribution in [0.15, 0.2) is 24.3 Å². The molecule has 4 N–H and O–H groups in total. The van der Waals surface area contributed by atoms with Gasteiger partial charge in [-0.15, -0.1) is 0 Å². The molecule has 1 aliphatic carbocycles. The Balaban J connectivity index is 1.60. The highest BCUT2D eigenvalue weighted by atomic mass is 35.5. The average molecular weight is 445 g/mol. The maximum Gasteiger partial charge on any atom is 0.227 e. The molecule has 0 saturated heterocycles. The minimum atomic E-state index is -0.0537. The number of fused-ring (bicyclic) bond motifs is 1. The lowest BCUT2D eigenvalue weighted by atomic mass is 9.85. The number of aliphatic hydroxyl groups is 1. The molecular weight excluding hydrogens is 412 g/mol. The van der Waals surface area contributed by atoms with Crippen molar-refractivity contribution in [3.63, 3.8) is 0 Å². The van der Waals surface area contributed by atoms with Crippen molar-refractivity contribution >= 4 is 40.6 Å². The lowest BCUT2D eigenvalue weighted by Gasteiger charge is -2.27. The van der Waals surface area contributed by atoms with E-state index in [1.165, 1.54) is 32.1 Å². The van der Waals surface area contributed by atoms with E-state index in [4.69, 9.17) is 21.6 Å². The van der Waals surface area contributed by atoms with Gasteiger partial charge in [-0.2, -0.15) is 9.97 Å². The molecule has 0 amide bonds. The molecule has 1 fully saturated rings. The van der Waals surface area contributed by atoms with Crippen molar-refractivity contribution in [3.8, 4) is 0 Å². The third-order valence-electron chi connectivity index (χ3n) is 6.20. The summed E-state index contributed by atoms with van der Waals surface area (Å²) in [6.07, 6.45) is 7.35. The summed E-state index contributed by atoms with van der Waals surface area (Å²) in [5, 5.41) is 20.9.